The van der Waals surface area contributed by atoms with E-state index in [4.69, 9.17) is 4.74 Å². The Balaban J connectivity index is 1.53. The first-order valence-corrected chi connectivity index (χ1v) is 7.70. The van der Waals surface area contributed by atoms with E-state index in [1.54, 1.807) is 0 Å². The van der Waals surface area contributed by atoms with E-state index in [2.05, 4.69) is 36.5 Å². The molecule has 1 aromatic rings. The van der Waals surface area contributed by atoms with E-state index in [-0.39, 0.29) is 5.54 Å². The highest BCUT2D eigenvalue weighted by Gasteiger charge is 2.29. The molecule has 98 valence electrons. The van der Waals surface area contributed by atoms with Crippen LogP contribution in [0.1, 0.15) is 25.3 Å². The average molecular weight is 263 g/mol. The number of ether oxygens (including phenoxy) is 1. The third-order valence-corrected chi connectivity index (χ3v) is 5.39. The van der Waals surface area contributed by atoms with Crippen LogP contribution < -0.4 is 5.32 Å². The lowest BCUT2D eigenvalue weighted by Gasteiger charge is -2.35. The van der Waals surface area contributed by atoms with E-state index in [0.717, 1.165) is 32.6 Å². The molecule has 0 radical (unpaired) electrons. The summed E-state index contributed by atoms with van der Waals surface area (Å²) >= 11 is 2.03. The molecule has 2 heterocycles. The molecule has 0 saturated carbocycles. The van der Waals surface area contributed by atoms with Crippen LogP contribution in [-0.2, 0) is 11.2 Å². The van der Waals surface area contributed by atoms with Gasteiger partial charge in [0.15, 0.2) is 0 Å². The Morgan fingerprint density at radius 1 is 1.33 bits per heavy atom. The minimum absolute atomic E-state index is 0.285. The summed E-state index contributed by atoms with van der Waals surface area (Å²) in [5.41, 5.74) is 1.81. The van der Waals surface area contributed by atoms with Crippen molar-refractivity contribution in [3.05, 3.63) is 29.8 Å². The Bertz CT molecular complexity index is 390. The number of rotatable bonds is 3. The molecule has 1 fully saturated rings. The van der Waals surface area contributed by atoms with Crippen LogP contribution in [-0.4, -0.2) is 30.5 Å². The highest BCUT2D eigenvalue weighted by atomic mass is 32.2. The summed E-state index contributed by atoms with van der Waals surface area (Å²) in [4.78, 5) is 1.47. The molecule has 2 aliphatic rings. The van der Waals surface area contributed by atoms with Gasteiger partial charge in [-0.3, -0.25) is 0 Å². The maximum atomic E-state index is 5.44. The third-order valence-electron chi connectivity index (χ3n) is 4.07. The lowest BCUT2D eigenvalue weighted by atomic mass is 9.92. The minimum Gasteiger partial charge on any atom is -0.381 e. The summed E-state index contributed by atoms with van der Waals surface area (Å²) in [6, 6.07) is 8.80. The fraction of sp³-hybridized carbons (Fsp3) is 0.600. The normalized spacial score (nSPS) is 25.9. The lowest BCUT2D eigenvalue weighted by molar-refractivity contribution is 0.0455. The van der Waals surface area contributed by atoms with Crippen molar-refractivity contribution in [1.82, 2.24) is 5.32 Å². The monoisotopic (exact) mass is 263 g/mol. The van der Waals surface area contributed by atoms with Gasteiger partial charge in [0, 0.05) is 35.4 Å². The number of fused-ring (bicyclic) bond motifs is 1. The molecule has 1 atom stereocenters. The fourth-order valence-electron chi connectivity index (χ4n) is 2.73. The molecule has 0 aromatic heterocycles. The SMILES string of the molecule is CC1(NCC2Cc3ccccc3S2)CCOCC1. The topological polar surface area (TPSA) is 21.3 Å². The fourth-order valence-corrected chi connectivity index (χ4v) is 3.98. The maximum Gasteiger partial charge on any atom is 0.0483 e. The van der Waals surface area contributed by atoms with Gasteiger partial charge >= 0.3 is 0 Å². The van der Waals surface area contributed by atoms with E-state index < -0.39 is 0 Å². The first-order chi connectivity index (χ1) is 8.75. The molecule has 0 amide bonds. The molecule has 18 heavy (non-hydrogen) atoms. The molecule has 1 N–H and O–H groups in total. The summed E-state index contributed by atoms with van der Waals surface area (Å²) in [6.07, 6.45) is 3.48. The second-order valence-corrected chi connectivity index (χ2v) is 6.95. The van der Waals surface area contributed by atoms with E-state index in [9.17, 15) is 0 Å². The van der Waals surface area contributed by atoms with Crippen LogP contribution in [0.15, 0.2) is 29.2 Å². The van der Waals surface area contributed by atoms with Crippen LogP contribution in [0.2, 0.25) is 0 Å². The van der Waals surface area contributed by atoms with Crippen LogP contribution in [0, 0.1) is 0 Å². The number of nitrogens with one attached hydrogen (secondary N) is 1. The zero-order valence-corrected chi connectivity index (χ0v) is 11.8. The Morgan fingerprint density at radius 3 is 2.89 bits per heavy atom. The predicted octanol–water partition coefficient (Wildman–Crippen LogP) is 2.86. The van der Waals surface area contributed by atoms with Gasteiger partial charge in [-0.15, -0.1) is 11.8 Å². The summed E-state index contributed by atoms with van der Waals surface area (Å²) in [6.45, 7) is 5.25. The molecule has 1 saturated heterocycles. The molecule has 0 spiro atoms. The number of thioether (sulfide) groups is 1. The predicted molar refractivity (Wildman–Crippen MR) is 76.3 cm³/mol. The molecule has 0 bridgehead atoms. The van der Waals surface area contributed by atoms with Crippen molar-refractivity contribution in [2.75, 3.05) is 19.8 Å². The molecule has 2 nitrogen and oxygen atoms in total. The van der Waals surface area contributed by atoms with Gasteiger partial charge in [0.25, 0.3) is 0 Å². The van der Waals surface area contributed by atoms with E-state index in [1.165, 1.54) is 16.9 Å². The smallest absolute Gasteiger partial charge is 0.0483 e. The highest BCUT2D eigenvalue weighted by molar-refractivity contribution is 8.00. The van der Waals surface area contributed by atoms with Crippen LogP contribution in [0.25, 0.3) is 0 Å². The summed E-state index contributed by atoms with van der Waals surface area (Å²) in [5, 5.41) is 4.47. The van der Waals surface area contributed by atoms with Gasteiger partial charge in [-0.2, -0.15) is 0 Å². The van der Waals surface area contributed by atoms with Gasteiger partial charge < -0.3 is 10.1 Å². The summed E-state index contributed by atoms with van der Waals surface area (Å²) in [5.74, 6) is 0. The van der Waals surface area contributed by atoms with Crippen molar-refractivity contribution < 1.29 is 4.74 Å². The lowest BCUT2D eigenvalue weighted by Crippen LogP contribution is -2.48. The minimum atomic E-state index is 0.285. The molecule has 3 heteroatoms. The largest absolute Gasteiger partial charge is 0.381 e. The second kappa shape index (κ2) is 5.24. The zero-order chi connectivity index (χ0) is 12.4. The Labute approximate surface area is 113 Å². The number of hydrogen-bond donors (Lipinski definition) is 1. The van der Waals surface area contributed by atoms with Gasteiger partial charge in [-0.1, -0.05) is 18.2 Å². The van der Waals surface area contributed by atoms with Gasteiger partial charge in [0.1, 0.15) is 0 Å². The van der Waals surface area contributed by atoms with Crippen molar-refractivity contribution >= 4 is 11.8 Å². The van der Waals surface area contributed by atoms with E-state index in [0.29, 0.717) is 5.25 Å². The summed E-state index contributed by atoms with van der Waals surface area (Å²) in [7, 11) is 0. The maximum absolute atomic E-state index is 5.44. The Kier molecular flexibility index (Phi) is 3.64. The molecular weight excluding hydrogens is 242 g/mol. The van der Waals surface area contributed by atoms with Crippen molar-refractivity contribution in [3.8, 4) is 0 Å². The van der Waals surface area contributed by atoms with Gasteiger partial charge in [-0.05, 0) is 37.8 Å². The van der Waals surface area contributed by atoms with Crippen molar-refractivity contribution in [2.24, 2.45) is 0 Å². The Morgan fingerprint density at radius 2 is 2.11 bits per heavy atom. The van der Waals surface area contributed by atoms with Crippen LogP contribution >= 0.6 is 11.8 Å². The zero-order valence-electron chi connectivity index (χ0n) is 10.9. The summed E-state index contributed by atoms with van der Waals surface area (Å²) < 4.78 is 5.44. The molecule has 1 unspecified atom stereocenters. The van der Waals surface area contributed by atoms with Crippen molar-refractivity contribution in [2.45, 2.75) is 41.9 Å². The van der Waals surface area contributed by atoms with Crippen LogP contribution in [0.5, 0.6) is 0 Å². The Hall–Kier alpha value is -0.510. The molecular formula is C15H21NOS. The quantitative estimate of drug-likeness (QED) is 0.906. The molecule has 3 rings (SSSR count). The van der Waals surface area contributed by atoms with E-state index >= 15 is 0 Å². The van der Waals surface area contributed by atoms with Gasteiger partial charge in [-0.25, -0.2) is 0 Å². The molecule has 1 aromatic carbocycles. The first-order valence-electron chi connectivity index (χ1n) is 6.83. The second-order valence-electron chi connectivity index (χ2n) is 5.61. The average Bonchev–Trinajstić information content (AvgIpc) is 2.80. The van der Waals surface area contributed by atoms with Gasteiger partial charge in [0.2, 0.25) is 0 Å². The number of hydrogen-bond acceptors (Lipinski definition) is 3. The van der Waals surface area contributed by atoms with Crippen molar-refractivity contribution in [3.63, 3.8) is 0 Å². The highest BCUT2D eigenvalue weighted by Crippen LogP contribution is 2.36. The first kappa shape index (κ1) is 12.5. The number of benzene rings is 1. The molecule has 0 aliphatic carbocycles. The third kappa shape index (κ3) is 2.73. The van der Waals surface area contributed by atoms with E-state index in [1.807, 2.05) is 11.8 Å². The van der Waals surface area contributed by atoms with Crippen molar-refractivity contribution in [1.29, 1.82) is 0 Å². The molecule has 2 aliphatic heterocycles. The standard InChI is InChI=1S/C15H21NOS/c1-15(6-8-17-9-7-15)16-11-13-10-12-4-2-3-5-14(12)18-13/h2-5,13,16H,6-11H2,1H3. The van der Waals surface area contributed by atoms with Gasteiger partial charge in [0.05, 0.1) is 0 Å². The van der Waals surface area contributed by atoms with Crippen LogP contribution in [0.4, 0.5) is 0 Å². The van der Waals surface area contributed by atoms with Crippen LogP contribution in [0.3, 0.4) is 0 Å².